The fraction of sp³-hybridized carbons (Fsp3) is 0.200. The van der Waals surface area contributed by atoms with Gasteiger partial charge in [0, 0.05) is 17.3 Å². The molecule has 12 heteroatoms. The lowest BCUT2D eigenvalue weighted by molar-refractivity contribution is 0.444. The largest absolute Gasteiger partial charge is 0.355 e. The first kappa shape index (κ1) is 25.6. The first-order valence-corrected chi connectivity index (χ1v) is 11.0. The summed E-state index contributed by atoms with van der Waals surface area (Å²) in [5, 5.41) is 2.86. The molecule has 0 saturated heterocycles. The number of hydrogen-bond donors (Lipinski definition) is 2. The van der Waals surface area contributed by atoms with Crippen molar-refractivity contribution in [1.82, 2.24) is 19.1 Å². The molecule has 0 amide bonds. The van der Waals surface area contributed by atoms with E-state index in [4.69, 9.17) is 0 Å². The molecule has 2 heterocycles. The number of hydrogen-bond acceptors (Lipinski definition) is 5. The summed E-state index contributed by atoms with van der Waals surface area (Å²) in [6.07, 6.45) is 1.38. The van der Waals surface area contributed by atoms with E-state index < -0.39 is 58.8 Å². The molecule has 4 rings (SSSR count). The van der Waals surface area contributed by atoms with Gasteiger partial charge in [0.05, 0.1) is 18.6 Å². The number of halogens is 4. The van der Waals surface area contributed by atoms with Crippen LogP contribution in [-0.2, 0) is 18.6 Å². The third-order valence-electron chi connectivity index (χ3n) is 5.73. The molecule has 0 aliphatic heterocycles. The Morgan fingerprint density at radius 3 is 2.22 bits per heavy atom. The highest BCUT2D eigenvalue weighted by Gasteiger charge is 2.27. The lowest BCUT2D eigenvalue weighted by Gasteiger charge is -2.29. The summed E-state index contributed by atoms with van der Waals surface area (Å²) in [5.41, 5.74) is -3.61. The van der Waals surface area contributed by atoms with Crippen LogP contribution in [0.2, 0.25) is 0 Å². The highest BCUT2D eigenvalue weighted by Crippen LogP contribution is 2.26. The van der Waals surface area contributed by atoms with Gasteiger partial charge in [0.2, 0.25) is 5.95 Å². The highest BCUT2D eigenvalue weighted by molar-refractivity contribution is 5.37. The maximum atomic E-state index is 14.5. The molecule has 0 aliphatic rings. The van der Waals surface area contributed by atoms with E-state index in [1.54, 1.807) is 19.9 Å². The monoisotopic (exact) mass is 515 g/mol. The van der Waals surface area contributed by atoms with Gasteiger partial charge in [-0.2, -0.15) is 4.98 Å². The van der Waals surface area contributed by atoms with Gasteiger partial charge in [-0.3, -0.25) is 9.36 Å². The third kappa shape index (κ3) is 5.22. The minimum absolute atomic E-state index is 0.0846. The van der Waals surface area contributed by atoms with E-state index in [-0.39, 0.29) is 22.6 Å². The summed E-state index contributed by atoms with van der Waals surface area (Å²) in [6.45, 7) is 2.19. The van der Waals surface area contributed by atoms with Gasteiger partial charge in [0.15, 0.2) is 17.5 Å². The SMILES string of the molecule is CC(C)(Nc1nc(=O)n(Cc2ccc[nH]c2=O)c(=O)n1Cc1cc(F)c(F)c(F)c1)c1ccccc1F. The molecule has 0 saturated carbocycles. The fourth-order valence-corrected chi connectivity index (χ4v) is 3.85. The Morgan fingerprint density at radius 1 is 0.892 bits per heavy atom. The standard InChI is InChI=1S/C25H21F4N5O3/c1-25(2,16-7-3-4-8-17(16)26)32-22-31-23(36)34(13-15-6-5-9-30-21(15)35)24(37)33(22)12-14-10-18(27)20(29)19(28)11-14/h3-11H,12-13H2,1-2H3,(H,30,35)(H,31,32,36). The molecule has 8 nitrogen and oxygen atoms in total. The van der Waals surface area contributed by atoms with E-state index in [0.717, 1.165) is 4.57 Å². The van der Waals surface area contributed by atoms with Crippen LogP contribution in [0, 0.1) is 23.3 Å². The predicted molar refractivity (Wildman–Crippen MR) is 127 cm³/mol. The summed E-state index contributed by atoms with van der Waals surface area (Å²) in [6, 6.07) is 10.1. The number of anilines is 1. The zero-order valence-electron chi connectivity index (χ0n) is 19.7. The normalized spacial score (nSPS) is 11.5. The van der Waals surface area contributed by atoms with E-state index in [9.17, 15) is 31.9 Å². The Labute approximate surface area is 206 Å². The molecule has 0 radical (unpaired) electrons. The van der Waals surface area contributed by atoms with Crippen LogP contribution in [0.1, 0.15) is 30.5 Å². The van der Waals surface area contributed by atoms with Crippen molar-refractivity contribution in [3.63, 3.8) is 0 Å². The van der Waals surface area contributed by atoms with Gasteiger partial charge in [-0.15, -0.1) is 0 Å². The molecule has 0 atom stereocenters. The van der Waals surface area contributed by atoms with Crippen molar-refractivity contribution in [3.8, 4) is 0 Å². The summed E-state index contributed by atoms with van der Waals surface area (Å²) in [4.78, 5) is 44.8. The zero-order chi connectivity index (χ0) is 26.9. The highest BCUT2D eigenvalue weighted by atomic mass is 19.2. The van der Waals surface area contributed by atoms with E-state index in [1.807, 2.05) is 0 Å². The molecule has 37 heavy (non-hydrogen) atoms. The molecule has 0 unspecified atom stereocenters. The van der Waals surface area contributed by atoms with Crippen molar-refractivity contribution < 1.29 is 17.6 Å². The average Bonchev–Trinajstić information content (AvgIpc) is 2.83. The van der Waals surface area contributed by atoms with Gasteiger partial charge in [0.1, 0.15) is 5.82 Å². The predicted octanol–water partition coefficient (Wildman–Crippen LogP) is 3.09. The van der Waals surface area contributed by atoms with Crippen LogP contribution in [-0.4, -0.2) is 19.1 Å². The maximum Gasteiger partial charge on any atom is 0.355 e. The van der Waals surface area contributed by atoms with Crippen molar-refractivity contribution in [2.24, 2.45) is 0 Å². The maximum absolute atomic E-state index is 14.5. The Bertz CT molecular complexity index is 1640. The van der Waals surface area contributed by atoms with Crippen LogP contribution < -0.4 is 22.3 Å². The summed E-state index contributed by atoms with van der Waals surface area (Å²) >= 11 is 0. The van der Waals surface area contributed by atoms with Crippen LogP contribution in [0.15, 0.2) is 69.1 Å². The average molecular weight is 515 g/mol. The van der Waals surface area contributed by atoms with Crippen LogP contribution >= 0.6 is 0 Å². The fourth-order valence-electron chi connectivity index (χ4n) is 3.85. The zero-order valence-corrected chi connectivity index (χ0v) is 19.7. The number of aromatic amines is 1. The summed E-state index contributed by atoms with van der Waals surface area (Å²) in [5.74, 6) is -5.51. The van der Waals surface area contributed by atoms with Gasteiger partial charge >= 0.3 is 11.4 Å². The van der Waals surface area contributed by atoms with E-state index >= 15 is 0 Å². The van der Waals surface area contributed by atoms with Crippen LogP contribution in [0.25, 0.3) is 0 Å². The van der Waals surface area contributed by atoms with Gasteiger partial charge in [0.25, 0.3) is 5.56 Å². The second kappa shape index (κ2) is 9.88. The first-order chi connectivity index (χ1) is 17.5. The van der Waals surface area contributed by atoms with Gasteiger partial charge in [-0.25, -0.2) is 31.7 Å². The number of aromatic nitrogens is 4. The first-order valence-electron chi connectivity index (χ1n) is 11.0. The van der Waals surface area contributed by atoms with Crippen molar-refractivity contribution in [2.75, 3.05) is 5.32 Å². The molecular weight excluding hydrogens is 494 g/mol. The number of H-pyrrole nitrogens is 1. The molecule has 0 fully saturated rings. The Kier molecular flexibility index (Phi) is 6.84. The topological polar surface area (TPSA) is 102 Å². The van der Waals surface area contributed by atoms with Gasteiger partial charge < -0.3 is 10.3 Å². The number of benzene rings is 2. The third-order valence-corrected chi connectivity index (χ3v) is 5.73. The Morgan fingerprint density at radius 2 is 1.57 bits per heavy atom. The minimum atomic E-state index is -1.68. The van der Waals surface area contributed by atoms with Crippen molar-refractivity contribution in [3.05, 3.63) is 126 Å². The lowest BCUT2D eigenvalue weighted by atomic mass is 9.94. The smallest absolute Gasteiger partial charge is 0.346 e. The molecule has 0 aliphatic carbocycles. The molecule has 2 N–H and O–H groups in total. The van der Waals surface area contributed by atoms with E-state index in [0.29, 0.717) is 16.7 Å². The summed E-state index contributed by atoms with van der Waals surface area (Å²) < 4.78 is 57.4. The second-order valence-corrected chi connectivity index (χ2v) is 8.80. The molecule has 0 spiro atoms. The number of pyridine rings is 1. The minimum Gasteiger partial charge on any atom is -0.346 e. The van der Waals surface area contributed by atoms with Crippen LogP contribution in [0.4, 0.5) is 23.5 Å². The Balaban J connectivity index is 1.87. The lowest BCUT2D eigenvalue weighted by Crippen LogP contribution is -2.45. The second-order valence-electron chi connectivity index (χ2n) is 8.80. The number of rotatable bonds is 7. The quantitative estimate of drug-likeness (QED) is 0.291. The van der Waals surface area contributed by atoms with E-state index in [1.165, 1.54) is 36.5 Å². The summed E-state index contributed by atoms with van der Waals surface area (Å²) in [7, 11) is 0. The van der Waals surface area contributed by atoms with Crippen LogP contribution in [0.5, 0.6) is 0 Å². The van der Waals surface area contributed by atoms with E-state index in [2.05, 4.69) is 15.3 Å². The molecule has 192 valence electrons. The molecule has 2 aromatic heterocycles. The van der Waals surface area contributed by atoms with Crippen molar-refractivity contribution >= 4 is 5.95 Å². The number of nitrogens with zero attached hydrogens (tertiary/aromatic N) is 3. The Hall–Kier alpha value is -4.48. The van der Waals surface area contributed by atoms with Crippen molar-refractivity contribution in [1.29, 1.82) is 0 Å². The molecular formula is C25H21F4N5O3. The molecule has 2 aromatic carbocycles. The molecule has 0 bridgehead atoms. The molecule has 4 aromatic rings. The van der Waals surface area contributed by atoms with Gasteiger partial charge in [-0.1, -0.05) is 24.3 Å². The van der Waals surface area contributed by atoms with Crippen LogP contribution in [0.3, 0.4) is 0 Å². The number of nitrogens with one attached hydrogen (secondary N) is 2. The van der Waals surface area contributed by atoms with Gasteiger partial charge in [-0.05, 0) is 43.7 Å². The van der Waals surface area contributed by atoms with Crippen molar-refractivity contribution in [2.45, 2.75) is 32.5 Å².